The summed E-state index contributed by atoms with van der Waals surface area (Å²) >= 11 is 0. The van der Waals surface area contributed by atoms with E-state index in [1.165, 1.54) is 5.56 Å². The molecule has 0 bridgehead atoms. The fraction of sp³-hybridized carbons (Fsp3) is 0.647. The first-order valence-corrected chi connectivity index (χ1v) is 7.59. The molecule has 3 heteroatoms. The van der Waals surface area contributed by atoms with E-state index in [0.29, 0.717) is 12.1 Å². The van der Waals surface area contributed by atoms with Gasteiger partial charge in [0.05, 0.1) is 13.2 Å². The van der Waals surface area contributed by atoms with Gasteiger partial charge in [0.1, 0.15) is 5.75 Å². The summed E-state index contributed by atoms with van der Waals surface area (Å²) in [6.45, 7) is 8.26. The average molecular weight is 279 g/mol. The molecule has 0 saturated carbocycles. The minimum Gasteiger partial charge on any atom is -0.497 e. The molecule has 3 nitrogen and oxygen atoms in total. The SMILES string of the molecule is COc1ccc(CCC(C)NCCCOC(C)C)cc1. The van der Waals surface area contributed by atoms with Crippen LogP contribution in [0.4, 0.5) is 0 Å². The van der Waals surface area contributed by atoms with Crippen LogP contribution in [0.1, 0.15) is 39.2 Å². The molecule has 0 aliphatic heterocycles. The summed E-state index contributed by atoms with van der Waals surface area (Å²) in [5.41, 5.74) is 1.36. The van der Waals surface area contributed by atoms with Crippen molar-refractivity contribution in [2.45, 2.75) is 52.2 Å². The monoisotopic (exact) mass is 279 g/mol. The summed E-state index contributed by atoms with van der Waals surface area (Å²) in [7, 11) is 1.70. The van der Waals surface area contributed by atoms with E-state index in [4.69, 9.17) is 9.47 Å². The highest BCUT2D eigenvalue weighted by molar-refractivity contribution is 5.27. The van der Waals surface area contributed by atoms with Gasteiger partial charge in [-0.05, 0) is 64.3 Å². The molecule has 1 unspecified atom stereocenters. The van der Waals surface area contributed by atoms with Gasteiger partial charge in [0.2, 0.25) is 0 Å². The van der Waals surface area contributed by atoms with E-state index in [0.717, 1.165) is 38.2 Å². The lowest BCUT2D eigenvalue weighted by Crippen LogP contribution is -2.28. The first-order chi connectivity index (χ1) is 9.61. The van der Waals surface area contributed by atoms with Gasteiger partial charge in [-0.2, -0.15) is 0 Å². The molecule has 1 atom stereocenters. The van der Waals surface area contributed by atoms with E-state index in [-0.39, 0.29) is 0 Å². The van der Waals surface area contributed by atoms with Crippen LogP contribution in [0.3, 0.4) is 0 Å². The van der Waals surface area contributed by atoms with Crippen LogP contribution < -0.4 is 10.1 Å². The maximum atomic E-state index is 5.52. The molecule has 0 amide bonds. The largest absolute Gasteiger partial charge is 0.497 e. The lowest BCUT2D eigenvalue weighted by molar-refractivity contribution is 0.0767. The van der Waals surface area contributed by atoms with E-state index >= 15 is 0 Å². The highest BCUT2D eigenvalue weighted by atomic mass is 16.5. The number of benzene rings is 1. The molecule has 0 radical (unpaired) electrons. The molecule has 0 spiro atoms. The minimum absolute atomic E-state index is 0.336. The zero-order valence-electron chi connectivity index (χ0n) is 13.3. The number of nitrogens with one attached hydrogen (secondary N) is 1. The Bertz CT molecular complexity index is 349. The average Bonchev–Trinajstić information content (AvgIpc) is 2.45. The molecule has 114 valence electrons. The molecule has 1 N–H and O–H groups in total. The standard InChI is InChI=1S/C17H29NO2/c1-14(2)20-13-5-12-18-15(3)6-7-16-8-10-17(19-4)11-9-16/h8-11,14-15,18H,5-7,12-13H2,1-4H3. The predicted molar refractivity (Wildman–Crippen MR) is 84.5 cm³/mol. The fourth-order valence-electron chi connectivity index (χ4n) is 2.02. The highest BCUT2D eigenvalue weighted by Gasteiger charge is 2.02. The molecular formula is C17H29NO2. The number of hydrogen-bond acceptors (Lipinski definition) is 3. The van der Waals surface area contributed by atoms with Crippen LogP contribution in [0, 0.1) is 0 Å². The van der Waals surface area contributed by atoms with Crippen LogP contribution in [0.2, 0.25) is 0 Å². The Morgan fingerprint density at radius 2 is 1.80 bits per heavy atom. The molecule has 0 aliphatic carbocycles. The molecule has 0 fully saturated rings. The van der Waals surface area contributed by atoms with Crippen molar-refractivity contribution >= 4 is 0 Å². The summed E-state index contributed by atoms with van der Waals surface area (Å²) in [6.07, 6.45) is 3.66. The molecule has 20 heavy (non-hydrogen) atoms. The van der Waals surface area contributed by atoms with E-state index < -0.39 is 0 Å². The third-order valence-corrected chi connectivity index (χ3v) is 3.29. The maximum absolute atomic E-state index is 5.52. The molecular weight excluding hydrogens is 250 g/mol. The number of methoxy groups -OCH3 is 1. The molecule has 0 aliphatic rings. The first kappa shape index (κ1) is 17.0. The zero-order chi connectivity index (χ0) is 14.8. The van der Waals surface area contributed by atoms with Gasteiger partial charge < -0.3 is 14.8 Å². The van der Waals surface area contributed by atoms with E-state index in [1.807, 2.05) is 12.1 Å². The second-order valence-corrected chi connectivity index (χ2v) is 5.52. The second kappa shape index (κ2) is 9.78. The Labute approximate surface area is 123 Å². The Kier molecular flexibility index (Phi) is 8.31. The Hall–Kier alpha value is -1.06. The van der Waals surface area contributed by atoms with Gasteiger partial charge in [-0.15, -0.1) is 0 Å². The van der Waals surface area contributed by atoms with E-state index in [1.54, 1.807) is 7.11 Å². The van der Waals surface area contributed by atoms with E-state index in [9.17, 15) is 0 Å². The minimum atomic E-state index is 0.336. The summed E-state index contributed by atoms with van der Waals surface area (Å²) in [6, 6.07) is 8.87. The molecule has 1 aromatic rings. The van der Waals surface area contributed by atoms with Crippen LogP contribution in [0.25, 0.3) is 0 Å². The maximum Gasteiger partial charge on any atom is 0.118 e. The van der Waals surface area contributed by atoms with Crippen molar-refractivity contribution in [1.29, 1.82) is 0 Å². The normalized spacial score (nSPS) is 12.7. The number of rotatable bonds is 10. The lowest BCUT2D eigenvalue weighted by Gasteiger charge is -2.14. The first-order valence-electron chi connectivity index (χ1n) is 7.59. The van der Waals surface area contributed by atoms with Crippen molar-refractivity contribution < 1.29 is 9.47 Å². The summed E-state index contributed by atoms with van der Waals surface area (Å²) < 4.78 is 10.7. The van der Waals surface area contributed by atoms with Gasteiger partial charge in [0.25, 0.3) is 0 Å². The molecule has 0 aromatic heterocycles. The van der Waals surface area contributed by atoms with Crippen LogP contribution in [0.15, 0.2) is 24.3 Å². The van der Waals surface area contributed by atoms with E-state index in [2.05, 4.69) is 38.2 Å². The van der Waals surface area contributed by atoms with Crippen molar-refractivity contribution in [2.75, 3.05) is 20.3 Å². The quantitative estimate of drug-likeness (QED) is 0.666. The van der Waals surface area contributed by atoms with Crippen molar-refractivity contribution in [2.24, 2.45) is 0 Å². The fourth-order valence-corrected chi connectivity index (χ4v) is 2.02. The third kappa shape index (κ3) is 7.51. The Balaban J connectivity index is 2.11. The van der Waals surface area contributed by atoms with Crippen LogP contribution in [0.5, 0.6) is 5.75 Å². The second-order valence-electron chi connectivity index (χ2n) is 5.52. The molecule has 0 saturated heterocycles. The van der Waals surface area contributed by atoms with Gasteiger partial charge in [-0.25, -0.2) is 0 Å². The Morgan fingerprint density at radius 1 is 1.10 bits per heavy atom. The van der Waals surface area contributed by atoms with Crippen molar-refractivity contribution in [3.63, 3.8) is 0 Å². The van der Waals surface area contributed by atoms with Gasteiger partial charge in [0.15, 0.2) is 0 Å². The highest BCUT2D eigenvalue weighted by Crippen LogP contribution is 2.13. The van der Waals surface area contributed by atoms with Gasteiger partial charge in [-0.3, -0.25) is 0 Å². The van der Waals surface area contributed by atoms with Crippen molar-refractivity contribution in [1.82, 2.24) is 5.32 Å². The Morgan fingerprint density at radius 3 is 2.40 bits per heavy atom. The predicted octanol–water partition coefficient (Wildman–Crippen LogP) is 3.42. The molecule has 0 heterocycles. The third-order valence-electron chi connectivity index (χ3n) is 3.29. The number of hydrogen-bond donors (Lipinski definition) is 1. The lowest BCUT2D eigenvalue weighted by atomic mass is 10.1. The van der Waals surface area contributed by atoms with Crippen LogP contribution in [-0.4, -0.2) is 32.4 Å². The zero-order valence-corrected chi connectivity index (χ0v) is 13.3. The number of aryl methyl sites for hydroxylation is 1. The molecule has 1 rings (SSSR count). The van der Waals surface area contributed by atoms with Gasteiger partial charge >= 0.3 is 0 Å². The number of ether oxygens (including phenoxy) is 2. The van der Waals surface area contributed by atoms with Gasteiger partial charge in [0, 0.05) is 12.6 Å². The summed E-state index contributed by atoms with van der Waals surface area (Å²) in [5.74, 6) is 0.921. The summed E-state index contributed by atoms with van der Waals surface area (Å²) in [5, 5.41) is 3.54. The molecule has 1 aromatic carbocycles. The summed E-state index contributed by atoms with van der Waals surface area (Å²) in [4.78, 5) is 0. The van der Waals surface area contributed by atoms with Crippen LogP contribution >= 0.6 is 0 Å². The van der Waals surface area contributed by atoms with Crippen molar-refractivity contribution in [3.05, 3.63) is 29.8 Å². The topological polar surface area (TPSA) is 30.5 Å². The van der Waals surface area contributed by atoms with Crippen molar-refractivity contribution in [3.8, 4) is 5.75 Å². The van der Waals surface area contributed by atoms with Crippen LogP contribution in [-0.2, 0) is 11.2 Å². The smallest absolute Gasteiger partial charge is 0.118 e. The van der Waals surface area contributed by atoms with Gasteiger partial charge in [-0.1, -0.05) is 12.1 Å².